The molecule has 3 heterocycles. The second-order valence-corrected chi connectivity index (χ2v) is 6.14. The first kappa shape index (κ1) is 11.9. The second-order valence-electron chi connectivity index (χ2n) is 3.96. The largest absolute Gasteiger partial charge is 0.354 e. The van der Waals surface area contributed by atoms with Gasteiger partial charge in [0.05, 0.1) is 9.90 Å². The summed E-state index contributed by atoms with van der Waals surface area (Å²) < 4.78 is 0. The highest BCUT2D eigenvalue weighted by atomic mass is 32.2. The van der Waals surface area contributed by atoms with Gasteiger partial charge in [-0.2, -0.15) is 0 Å². The van der Waals surface area contributed by atoms with E-state index in [0.717, 1.165) is 35.0 Å². The number of anilines is 1. The first-order chi connectivity index (χ1) is 8.81. The number of aromatic nitrogens is 3. The summed E-state index contributed by atoms with van der Waals surface area (Å²) in [5, 5.41) is 4.35. The zero-order valence-electron chi connectivity index (χ0n) is 10.4. The molecule has 0 aliphatic carbocycles. The van der Waals surface area contributed by atoms with E-state index in [0.29, 0.717) is 5.95 Å². The van der Waals surface area contributed by atoms with Gasteiger partial charge in [0.1, 0.15) is 11.4 Å². The highest BCUT2D eigenvalue weighted by molar-refractivity contribution is 7.98. The van der Waals surface area contributed by atoms with Gasteiger partial charge in [0.15, 0.2) is 0 Å². The van der Waals surface area contributed by atoms with Crippen LogP contribution in [0.5, 0.6) is 0 Å². The Balaban J connectivity index is 2.08. The van der Waals surface area contributed by atoms with E-state index in [1.54, 1.807) is 23.1 Å². The number of rotatable bonds is 3. The molecule has 0 unspecified atom stereocenters. The predicted octanol–water partition coefficient (Wildman–Crippen LogP) is 3.20. The van der Waals surface area contributed by atoms with E-state index in [4.69, 9.17) is 4.98 Å². The fourth-order valence-corrected chi connectivity index (χ4v) is 3.91. The summed E-state index contributed by atoms with van der Waals surface area (Å²) in [7, 11) is 0. The van der Waals surface area contributed by atoms with Crippen LogP contribution in [0, 0.1) is 0 Å². The Bertz CT molecular complexity index is 579. The summed E-state index contributed by atoms with van der Waals surface area (Å²) in [4.78, 5) is 16.1. The van der Waals surface area contributed by atoms with Crippen molar-refractivity contribution in [2.24, 2.45) is 0 Å². The second kappa shape index (κ2) is 4.85. The third-order valence-electron chi connectivity index (χ3n) is 2.72. The van der Waals surface area contributed by atoms with Gasteiger partial charge < -0.3 is 5.32 Å². The van der Waals surface area contributed by atoms with E-state index in [2.05, 4.69) is 22.2 Å². The minimum Gasteiger partial charge on any atom is -0.354 e. The average Bonchev–Trinajstić information content (AvgIpc) is 2.82. The van der Waals surface area contributed by atoms with Gasteiger partial charge in [-0.1, -0.05) is 6.92 Å². The molecule has 3 rings (SSSR count). The molecule has 1 N–H and O–H groups in total. The molecular formula is C12H14N4S2. The van der Waals surface area contributed by atoms with Gasteiger partial charge in [-0.25, -0.2) is 15.0 Å². The van der Waals surface area contributed by atoms with Gasteiger partial charge in [-0.05, 0) is 13.3 Å². The molecule has 0 fully saturated rings. The lowest BCUT2D eigenvalue weighted by Gasteiger charge is -2.13. The van der Waals surface area contributed by atoms with E-state index in [-0.39, 0.29) is 0 Å². The number of nitrogens with zero attached hydrogens (tertiary/aromatic N) is 3. The summed E-state index contributed by atoms with van der Waals surface area (Å²) >= 11 is 3.61. The van der Waals surface area contributed by atoms with Crippen LogP contribution in [0.2, 0.25) is 0 Å². The zero-order chi connectivity index (χ0) is 12.5. The van der Waals surface area contributed by atoms with Gasteiger partial charge in [0.25, 0.3) is 0 Å². The number of hydrogen-bond acceptors (Lipinski definition) is 6. The van der Waals surface area contributed by atoms with Crippen molar-refractivity contribution < 1.29 is 0 Å². The quantitative estimate of drug-likeness (QED) is 0.934. The van der Waals surface area contributed by atoms with Crippen molar-refractivity contribution in [3.63, 3.8) is 0 Å². The summed E-state index contributed by atoms with van der Waals surface area (Å²) in [5.74, 6) is 1.68. The molecule has 2 aromatic heterocycles. The lowest BCUT2D eigenvalue weighted by molar-refractivity contribution is 1.03. The molecular weight excluding hydrogens is 264 g/mol. The zero-order valence-corrected chi connectivity index (χ0v) is 12.0. The van der Waals surface area contributed by atoms with Crippen LogP contribution in [0.25, 0.3) is 11.4 Å². The summed E-state index contributed by atoms with van der Waals surface area (Å²) in [6, 6.07) is 0. The SMILES string of the molecule is CCNc1ncc2c(n1)-c1nc(CC)sc1CS2. The third kappa shape index (κ3) is 1.99. The van der Waals surface area contributed by atoms with E-state index in [9.17, 15) is 0 Å². The van der Waals surface area contributed by atoms with Crippen molar-refractivity contribution in [3.05, 3.63) is 16.1 Å². The lowest BCUT2D eigenvalue weighted by atomic mass is 10.2. The Labute approximate surface area is 114 Å². The van der Waals surface area contributed by atoms with E-state index >= 15 is 0 Å². The van der Waals surface area contributed by atoms with Crippen LogP contribution in [0.3, 0.4) is 0 Å². The molecule has 0 spiro atoms. The van der Waals surface area contributed by atoms with E-state index in [1.807, 2.05) is 13.1 Å². The molecule has 0 radical (unpaired) electrons. The molecule has 1 aliphatic heterocycles. The first-order valence-electron chi connectivity index (χ1n) is 6.04. The van der Waals surface area contributed by atoms with Crippen LogP contribution < -0.4 is 5.32 Å². The topological polar surface area (TPSA) is 50.7 Å². The molecule has 18 heavy (non-hydrogen) atoms. The molecule has 0 aromatic carbocycles. The monoisotopic (exact) mass is 278 g/mol. The van der Waals surface area contributed by atoms with Crippen LogP contribution in [0.4, 0.5) is 5.95 Å². The number of aryl methyl sites for hydroxylation is 1. The molecule has 94 valence electrons. The Morgan fingerprint density at radius 3 is 2.94 bits per heavy atom. The molecule has 0 atom stereocenters. The van der Waals surface area contributed by atoms with Gasteiger partial charge in [-0.3, -0.25) is 0 Å². The molecule has 6 heteroatoms. The van der Waals surface area contributed by atoms with Crippen molar-refractivity contribution in [1.29, 1.82) is 0 Å². The summed E-state index contributed by atoms with van der Waals surface area (Å²) in [6.07, 6.45) is 2.89. The Morgan fingerprint density at radius 1 is 1.28 bits per heavy atom. The normalized spacial score (nSPS) is 13.0. The Morgan fingerprint density at radius 2 is 2.17 bits per heavy atom. The van der Waals surface area contributed by atoms with Crippen LogP contribution in [-0.2, 0) is 12.2 Å². The van der Waals surface area contributed by atoms with Gasteiger partial charge in [0.2, 0.25) is 5.95 Å². The molecule has 2 aromatic rings. The molecule has 4 nitrogen and oxygen atoms in total. The number of thiazole rings is 1. The van der Waals surface area contributed by atoms with E-state index in [1.165, 1.54) is 9.88 Å². The number of fused-ring (bicyclic) bond motifs is 3. The van der Waals surface area contributed by atoms with E-state index < -0.39 is 0 Å². The van der Waals surface area contributed by atoms with Crippen molar-refractivity contribution in [2.45, 2.75) is 30.9 Å². The first-order valence-corrected chi connectivity index (χ1v) is 7.84. The third-order valence-corrected chi connectivity index (χ3v) is 5.14. The van der Waals surface area contributed by atoms with Crippen molar-refractivity contribution in [2.75, 3.05) is 11.9 Å². The fraction of sp³-hybridized carbons (Fsp3) is 0.417. The smallest absolute Gasteiger partial charge is 0.223 e. The maximum Gasteiger partial charge on any atom is 0.223 e. The number of nitrogens with one attached hydrogen (secondary N) is 1. The maximum atomic E-state index is 4.70. The molecule has 0 amide bonds. The molecule has 0 bridgehead atoms. The standard InChI is InChI=1S/C12H14N4S2/c1-3-9-15-11-8(18-9)6-17-7-5-14-12(13-4-2)16-10(7)11/h5H,3-4,6H2,1-2H3,(H,13,14,16). The molecule has 0 saturated heterocycles. The summed E-state index contributed by atoms with van der Waals surface area (Å²) in [6.45, 7) is 5.01. The van der Waals surface area contributed by atoms with Gasteiger partial charge in [0, 0.05) is 23.4 Å². The lowest BCUT2D eigenvalue weighted by Crippen LogP contribution is -2.05. The maximum absolute atomic E-state index is 4.70. The average molecular weight is 278 g/mol. The van der Waals surface area contributed by atoms with Crippen molar-refractivity contribution in [1.82, 2.24) is 15.0 Å². The van der Waals surface area contributed by atoms with Crippen molar-refractivity contribution >= 4 is 29.0 Å². The predicted molar refractivity (Wildman–Crippen MR) is 76.2 cm³/mol. The Kier molecular flexibility index (Phi) is 3.22. The number of thioether (sulfide) groups is 1. The minimum atomic E-state index is 0.691. The highest BCUT2D eigenvalue weighted by Crippen LogP contribution is 2.42. The molecule has 1 aliphatic rings. The van der Waals surface area contributed by atoms with Gasteiger partial charge in [-0.15, -0.1) is 23.1 Å². The van der Waals surface area contributed by atoms with Crippen LogP contribution in [0.15, 0.2) is 11.1 Å². The van der Waals surface area contributed by atoms with Gasteiger partial charge >= 0.3 is 0 Å². The molecule has 0 saturated carbocycles. The minimum absolute atomic E-state index is 0.691. The van der Waals surface area contributed by atoms with Crippen molar-refractivity contribution in [3.8, 4) is 11.4 Å². The fourth-order valence-electron chi connectivity index (χ4n) is 1.87. The summed E-state index contributed by atoms with van der Waals surface area (Å²) in [5.41, 5.74) is 2.05. The van der Waals surface area contributed by atoms with Crippen LogP contribution in [0.1, 0.15) is 23.7 Å². The number of hydrogen-bond donors (Lipinski definition) is 1. The van der Waals surface area contributed by atoms with Crippen LogP contribution >= 0.6 is 23.1 Å². The highest BCUT2D eigenvalue weighted by Gasteiger charge is 2.23. The Hall–Kier alpha value is -1.14. The van der Waals surface area contributed by atoms with Crippen LogP contribution in [-0.4, -0.2) is 21.5 Å².